The molecule has 1 amide bonds. The highest BCUT2D eigenvalue weighted by molar-refractivity contribution is 5.94. The summed E-state index contributed by atoms with van der Waals surface area (Å²) in [4.78, 5) is 23.4. The number of carbonyl (C=O) groups is 2. The van der Waals surface area contributed by atoms with Crippen molar-refractivity contribution in [1.29, 1.82) is 0 Å². The van der Waals surface area contributed by atoms with E-state index in [4.69, 9.17) is 0 Å². The lowest BCUT2D eigenvalue weighted by atomic mass is 9.93. The van der Waals surface area contributed by atoms with E-state index in [1.807, 2.05) is 0 Å². The summed E-state index contributed by atoms with van der Waals surface area (Å²) in [6, 6.07) is 3.77. The molecule has 0 atom stereocenters. The number of ether oxygens (including phenoxy) is 1. The van der Waals surface area contributed by atoms with Crippen LogP contribution >= 0.6 is 0 Å². The molecule has 120 valence electrons. The highest BCUT2D eigenvalue weighted by Gasteiger charge is 2.16. The lowest BCUT2D eigenvalue weighted by Crippen LogP contribution is -2.28. The van der Waals surface area contributed by atoms with Gasteiger partial charge in [0.15, 0.2) is 0 Å². The Labute approximate surface area is 129 Å². The van der Waals surface area contributed by atoms with Crippen molar-refractivity contribution in [2.75, 3.05) is 25.5 Å². The molecule has 1 heterocycles. The van der Waals surface area contributed by atoms with Crippen LogP contribution in [0.25, 0.3) is 0 Å². The lowest BCUT2D eigenvalue weighted by Gasteiger charge is -2.22. The third-order valence-electron chi connectivity index (χ3n) is 3.90. The molecule has 2 rings (SSSR count). The number of anilines is 1. The van der Waals surface area contributed by atoms with Crippen molar-refractivity contribution < 1.29 is 18.7 Å². The van der Waals surface area contributed by atoms with Gasteiger partial charge in [0.05, 0.1) is 18.4 Å². The molecule has 22 heavy (non-hydrogen) atoms. The molecule has 1 aromatic rings. The number of methoxy groups -OCH3 is 1. The van der Waals surface area contributed by atoms with E-state index in [1.165, 1.54) is 19.2 Å². The summed E-state index contributed by atoms with van der Waals surface area (Å²) >= 11 is 0. The Kier molecular flexibility index (Phi) is 5.89. The van der Waals surface area contributed by atoms with E-state index in [-0.39, 0.29) is 17.2 Å². The van der Waals surface area contributed by atoms with Crippen LogP contribution in [-0.2, 0) is 9.53 Å². The van der Waals surface area contributed by atoms with Gasteiger partial charge in [-0.1, -0.05) is 0 Å². The molecule has 1 saturated heterocycles. The molecular formula is C16H21FN2O3. The van der Waals surface area contributed by atoms with E-state index >= 15 is 0 Å². The van der Waals surface area contributed by atoms with Gasteiger partial charge in [0.25, 0.3) is 0 Å². The molecule has 0 aromatic heterocycles. The third kappa shape index (κ3) is 4.53. The number of halogens is 1. The zero-order valence-electron chi connectivity index (χ0n) is 12.7. The van der Waals surface area contributed by atoms with Crippen LogP contribution in [0.4, 0.5) is 10.1 Å². The summed E-state index contributed by atoms with van der Waals surface area (Å²) in [6.45, 7) is 1.98. The fraction of sp³-hybridized carbons (Fsp3) is 0.500. The number of nitrogens with one attached hydrogen (secondary N) is 2. The van der Waals surface area contributed by atoms with Gasteiger partial charge in [-0.15, -0.1) is 0 Å². The van der Waals surface area contributed by atoms with Crippen molar-refractivity contribution in [3.8, 4) is 0 Å². The van der Waals surface area contributed by atoms with Crippen molar-refractivity contribution >= 4 is 17.6 Å². The Balaban J connectivity index is 1.91. The summed E-state index contributed by atoms with van der Waals surface area (Å²) in [5, 5.41) is 5.81. The number of hydrogen-bond acceptors (Lipinski definition) is 4. The lowest BCUT2D eigenvalue weighted by molar-refractivity contribution is -0.116. The molecule has 2 N–H and O–H groups in total. The average Bonchev–Trinajstić information content (AvgIpc) is 2.55. The fourth-order valence-electron chi connectivity index (χ4n) is 2.58. The van der Waals surface area contributed by atoms with Crippen LogP contribution in [0.15, 0.2) is 18.2 Å². The zero-order chi connectivity index (χ0) is 15.9. The van der Waals surface area contributed by atoms with Crippen LogP contribution in [0.1, 0.15) is 36.0 Å². The molecule has 6 heteroatoms. The smallest absolute Gasteiger partial charge is 0.337 e. The van der Waals surface area contributed by atoms with E-state index in [9.17, 15) is 14.0 Å². The number of esters is 1. The maximum Gasteiger partial charge on any atom is 0.337 e. The molecule has 0 spiro atoms. The van der Waals surface area contributed by atoms with Crippen LogP contribution in [0.3, 0.4) is 0 Å². The minimum Gasteiger partial charge on any atom is -0.465 e. The van der Waals surface area contributed by atoms with E-state index in [0.717, 1.165) is 38.4 Å². The number of amides is 1. The molecule has 5 nitrogen and oxygen atoms in total. The van der Waals surface area contributed by atoms with E-state index < -0.39 is 11.8 Å². The van der Waals surface area contributed by atoms with Crippen molar-refractivity contribution in [3.63, 3.8) is 0 Å². The number of hydrogen-bond donors (Lipinski definition) is 2. The Morgan fingerprint density at radius 1 is 1.36 bits per heavy atom. The minimum atomic E-state index is -0.567. The topological polar surface area (TPSA) is 67.4 Å². The highest BCUT2D eigenvalue weighted by Crippen LogP contribution is 2.20. The summed E-state index contributed by atoms with van der Waals surface area (Å²) in [7, 11) is 1.25. The van der Waals surface area contributed by atoms with Gasteiger partial charge in [-0.25, -0.2) is 9.18 Å². The fourth-order valence-corrected chi connectivity index (χ4v) is 2.58. The van der Waals surface area contributed by atoms with Gasteiger partial charge >= 0.3 is 5.97 Å². The molecule has 0 unspecified atom stereocenters. The number of rotatable bonds is 5. The van der Waals surface area contributed by atoms with Crippen LogP contribution < -0.4 is 10.6 Å². The molecule has 1 aliphatic rings. The first kappa shape index (κ1) is 16.4. The van der Waals surface area contributed by atoms with Gasteiger partial charge < -0.3 is 15.4 Å². The molecule has 1 aliphatic heterocycles. The van der Waals surface area contributed by atoms with Gasteiger partial charge in [0.1, 0.15) is 5.82 Å². The van der Waals surface area contributed by atoms with Crippen molar-refractivity contribution in [2.45, 2.75) is 25.7 Å². The van der Waals surface area contributed by atoms with Crippen molar-refractivity contribution in [2.24, 2.45) is 5.92 Å². The summed E-state index contributed by atoms with van der Waals surface area (Å²) < 4.78 is 18.3. The summed E-state index contributed by atoms with van der Waals surface area (Å²) in [5.41, 5.74) is 0.218. The van der Waals surface area contributed by atoms with E-state index in [2.05, 4.69) is 15.4 Å². The van der Waals surface area contributed by atoms with Crippen molar-refractivity contribution in [1.82, 2.24) is 5.32 Å². The van der Waals surface area contributed by atoms with Crippen molar-refractivity contribution in [3.05, 3.63) is 29.6 Å². The highest BCUT2D eigenvalue weighted by atomic mass is 19.1. The minimum absolute atomic E-state index is 0.0122. The second kappa shape index (κ2) is 7.89. The van der Waals surface area contributed by atoms with E-state index in [1.54, 1.807) is 0 Å². The van der Waals surface area contributed by atoms with Crippen LogP contribution in [0, 0.1) is 11.7 Å². The standard InChI is InChI=1S/C16H21FN2O3/c1-22-16(21)12-3-4-13(17)14(10-12)19-15(20)5-2-11-6-8-18-9-7-11/h3-4,10-11,18H,2,5-9H2,1H3,(H,19,20). The molecule has 0 radical (unpaired) electrons. The summed E-state index contributed by atoms with van der Waals surface area (Å²) in [6.07, 6.45) is 3.29. The largest absolute Gasteiger partial charge is 0.465 e. The molecule has 0 bridgehead atoms. The Hall–Kier alpha value is -1.95. The van der Waals surface area contributed by atoms with Crippen LogP contribution in [-0.4, -0.2) is 32.1 Å². The monoisotopic (exact) mass is 308 g/mol. The van der Waals surface area contributed by atoms with Gasteiger partial charge in [-0.3, -0.25) is 4.79 Å². The van der Waals surface area contributed by atoms with Crippen LogP contribution in [0.5, 0.6) is 0 Å². The first-order valence-corrected chi connectivity index (χ1v) is 7.48. The Morgan fingerprint density at radius 3 is 2.77 bits per heavy atom. The average molecular weight is 308 g/mol. The zero-order valence-corrected chi connectivity index (χ0v) is 12.7. The van der Waals surface area contributed by atoms with Gasteiger partial charge in [-0.2, -0.15) is 0 Å². The Bertz CT molecular complexity index is 542. The van der Waals surface area contributed by atoms with Crippen LogP contribution in [0.2, 0.25) is 0 Å². The molecule has 1 aromatic carbocycles. The van der Waals surface area contributed by atoms with Gasteiger partial charge in [-0.05, 0) is 56.5 Å². The van der Waals surface area contributed by atoms with Gasteiger partial charge in [0, 0.05) is 6.42 Å². The Morgan fingerprint density at radius 2 is 2.09 bits per heavy atom. The van der Waals surface area contributed by atoms with Gasteiger partial charge in [0.2, 0.25) is 5.91 Å². The summed E-state index contributed by atoms with van der Waals surface area (Å²) in [5.74, 6) is -0.828. The first-order chi connectivity index (χ1) is 10.6. The van der Waals surface area contributed by atoms with E-state index in [0.29, 0.717) is 12.3 Å². The third-order valence-corrected chi connectivity index (χ3v) is 3.90. The molecule has 1 fully saturated rings. The molecule has 0 aliphatic carbocycles. The normalized spacial score (nSPS) is 15.4. The molecule has 0 saturated carbocycles. The number of carbonyl (C=O) groups excluding carboxylic acids is 2. The second-order valence-corrected chi connectivity index (χ2v) is 5.47. The number of benzene rings is 1. The predicted octanol–water partition coefficient (Wildman–Crippen LogP) is 2.33. The second-order valence-electron chi connectivity index (χ2n) is 5.47. The first-order valence-electron chi connectivity index (χ1n) is 7.48. The SMILES string of the molecule is COC(=O)c1ccc(F)c(NC(=O)CCC2CCNCC2)c1. The predicted molar refractivity (Wildman–Crippen MR) is 81.2 cm³/mol. The quantitative estimate of drug-likeness (QED) is 0.819. The molecular weight excluding hydrogens is 287 g/mol. The number of piperidine rings is 1. The maximum absolute atomic E-state index is 13.7. The maximum atomic E-state index is 13.7.